The van der Waals surface area contributed by atoms with E-state index in [-0.39, 0.29) is 5.82 Å². The fourth-order valence-electron chi connectivity index (χ4n) is 1.61. The third-order valence-electron chi connectivity index (χ3n) is 2.48. The topological polar surface area (TPSA) is 63.3 Å². The fourth-order valence-corrected chi connectivity index (χ4v) is 1.61. The minimum atomic E-state index is -0.282. The molecule has 4 nitrogen and oxygen atoms in total. The molecule has 0 bridgehead atoms. The van der Waals surface area contributed by atoms with Crippen molar-refractivity contribution >= 4 is 12.0 Å². The third kappa shape index (κ3) is 1.86. The Morgan fingerprint density at radius 3 is 2.73 bits per heavy atom. The van der Waals surface area contributed by atoms with Crippen LogP contribution in [0.3, 0.4) is 0 Å². The van der Waals surface area contributed by atoms with Gasteiger partial charge in [0.1, 0.15) is 12.2 Å². The molecule has 1 aromatic carbocycles. The lowest BCUT2D eigenvalue weighted by atomic mass is 10.1. The Balaban J connectivity index is 2.44. The molecule has 1 aliphatic rings. The van der Waals surface area contributed by atoms with Gasteiger partial charge in [0.25, 0.3) is 0 Å². The maximum absolute atomic E-state index is 13.1. The Hall–Kier alpha value is -1.78. The molecule has 1 fully saturated rings. The molecule has 1 aromatic rings. The second-order valence-electron chi connectivity index (χ2n) is 3.55. The lowest BCUT2D eigenvalue weighted by molar-refractivity contribution is 0.625. The van der Waals surface area contributed by atoms with Gasteiger partial charge in [-0.3, -0.25) is 5.41 Å². The van der Waals surface area contributed by atoms with Crippen molar-refractivity contribution in [3.63, 3.8) is 0 Å². The first-order chi connectivity index (χ1) is 7.26. The van der Waals surface area contributed by atoms with Gasteiger partial charge < -0.3 is 0 Å². The first-order valence-electron chi connectivity index (χ1n) is 4.73. The quantitative estimate of drug-likeness (QED) is 0.338. The van der Waals surface area contributed by atoms with Crippen LogP contribution in [0.15, 0.2) is 23.4 Å². The Kier molecular flexibility index (Phi) is 2.45. The number of rotatable bonds is 4. The molecule has 1 saturated carbocycles. The zero-order valence-electron chi connectivity index (χ0n) is 8.07. The SMILES string of the molecule is N=CN(N=N)c1ccc(F)cc1C1CC1. The van der Waals surface area contributed by atoms with Crippen molar-refractivity contribution in [3.8, 4) is 0 Å². The van der Waals surface area contributed by atoms with E-state index in [1.807, 2.05) is 0 Å². The summed E-state index contributed by atoms with van der Waals surface area (Å²) in [4.78, 5) is 0. The van der Waals surface area contributed by atoms with Crippen LogP contribution in [0.4, 0.5) is 10.1 Å². The lowest BCUT2D eigenvalue weighted by Gasteiger charge is -2.14. The molecular formula is C10H11FN4. The largest absolute Gasteiger partial charge is 0.289 e. The summed E-state index contributed by atoms with van der Waals surface area (Å²) in [6, 6.07) is 4.35. The van der Waals surface area contributed by atoms with Crippen LogP contribution in [-0.4, -0.2) is 6.34 Å². The van der Waals surface area contributed by atoms with Gasteiger partial charge in [-0.1, -0.05) is 5.22 Å². The Bertz CT molecular complexity index is 392. The average Bonchev–Trinajstić information content (AvgIpc) is 3.05. The first kappa shape index (κ1) is 9.76. The van der Waals surface area contributed by atoms with Crippen molar-refractivity contribution in [2.75, 3.05) is 5.01 Å². The van der Waals surface area contributed by atoms with Crippen LogP contribution in [0.1, 0.15) is 24.3 Å². The van der Waals surface area contributed by atoms with Crippen LogP contribution >= 0.6 is 0 Å². The second kappa shape index (κ2) is 3.76. The van der Waals surface area contributed by atoms with E-state index in [4.69, 9.17) is 10.9 Å². The van der Waals surface area contributed by atoms with Crippen LogP contribution < -0.4 is 5.01 Å². The van der Waals surface area contributed by atoms with Gasteiger partial charge in [-0.25, -0.2) is 9.40 Å². The molecule has 1 aliphatic carbocycles. The van der Waals surface area contributed by atoms with Crippen LogP contribution in [-0.2, 0) is 0 Å². The van der Waals surface area contributed by atoms with Crippen molar-refractivity contribution in [3.05, 3.63) is 29.6 Å². The Morgan fingerprint density at radius 1 is 1.47 bits per heavy atom. The molecule has 0 saturated heterocycles. The monoisotopic (exact) mass is 206 g/mol. The summed E-state index contributed by atoms with van der Waals surface area (Å²) >= 11 is 0. The number of anilines is 1. The van der Waals surface area contributed by atoms with Gasteiger partial charge in [0.15, 0.2) is 0 Å². The van der Waals surface area contributed by atoms with Crippen molar-refractivity contribution in [2.45, 2.75) is 18.8 Å². The molecule has 0 spiro atoms. The molecule has 0 unspecified atom stereocenters. The van der Waals surface area contributed by atoms with E-state index in [9.17, 15) is 4.39 Å². The van der Waals surface area contributed by atoms with Crippen LogP contribution in [0.5, 0.6) is 0 Å². The highest BCUT2D eigenvalue weighted by atomic mass is 19.1. The number of halogens is 1. The molecule has 0 heterocycles. The van der Waals surface area contributed by atoms with Gasteiger partial charge in [-0.15, -0.1) is 0 Å². The predicted molar refractivity (Wildman–Crippen MR) is 54.8 cm³/mol. The molecule has 0 amide bonds. The minimum Gasteiger partial charge on any atom is -0.289 e. The highest BCUT2D eigenvalue weighted by molar-refractivity contribution is 5.78. The van der Waals surface area contributed by atoms with E-state index in [0.29, 0.717) is 11.6 Å². The van der Waals surface area contributed by atoms with Crippen LogP contribution in [0, 0.1) is 16.8 Å². The fraction of sp³-hybridized carbons (Fsp3) is 0.300. The van der Waals surface area contributed by atoms with Gasteiger partial charge in [-0.2, -0.15) is 5.53 Å². The molecule has 5 heteroatoms. The zero-order chi connectivity index (χ0) is 10.8. The number of hydrogen-bond donors (Lipinski definition) is 2. The zero-order valence-corrected chi connectivity index (χ0v) is 8.07. The Labute approximate surface area is 86.7 Å². The molecular weight excluding hydrogens is 195 g/mol. The van der Waals surface area contributed by atoms with Crippen molar-refractivity contribution in [2.24, 2.45) is 5.22 Å². The summed E-state index contributed by atoms with van der Waals surface area (Å²) in [7, 11) is 0. The van der Waals surface area contributed by atoms with E-state index in [1.54, 1.807) is 6.07 Å². The number of nitrogens with one attached hydrogen (secondary N) is 2. The second-order valence-corrected chi connectivity index (χ2v) is 3.55. The summed E-state index contributed by atoms with van der Waals surface area (Å²) in [5.41, 5.74) is 8.39. The maximum Gasteiger partial charge on any atom is 0.123 e. The van der Waals surface area contributed by atoms with E-state index in [1.165, 1.54) is 12.1 Å². The standard InChI is InChI=1S/C10H11FN4/c11-8-3-4-10(15(6-12)14-13)9(5-8)7-1-2-7/h3-7,12-13H,1-2H2. The molecule has 0 aliphatic heterocycles. The number of benzene rings is 1. The van der Waals surface area contributed by atoms with Crippen LogP contribution in [0.25, 0.3) is 0 Å². The average molecular weight is 206 g/mol. The first-order valence-corrected chi connectivity index (χ1v) is 4.73. The van der Waals surface area contributed by atoms with E-state index in [2.05, 4.69) is 5.22 Å². The lowest BCUT2D eigenvalue weighted by Crippen LogP contribution is -2.13. The van der Waals surface area contributed by atoms with Gasteiger partial charge in [0, 0.05) is 0 Å². The van der Waals surface area contributed by atoms with E-state index >= 15 is 0 Å². The molecule has 2 N–H and O–H groups in total. The van der Waals surface area contributed by atoms with Gasteiger partial charge in [-0.05, 0) is 42.5 Å². The summed E-state index contributed by atoms with van der Waals surface area (Å²) < 4.78 is 13.1. The molecule has 0 atom stereocenters. The van der Waals surface area contributed by atoms with Crippen LogP contribution in [0.2, 0.25) is 0 Å². The number of hydrogen-bond acceptors (Lipinski definition) is 3. The molecule has 2 rings (SSSR count). The smallest absolute Gasteiger partial charge is 0.123 e. The molecule has 78 valence electrons. The molecule has 0 aromatic heterocycles. The summed E-state index contributed by atoms with van der Waals surface area (Å²) in [6.45, 7) is 0. The summed E-state index contributed by atoms with van der Waals surface area (Å²) in [5.74, 6) is 0.0791. The van der Waals surface area contributed by atoms with Gasteiger partial charge in [0.05, 0.1) is 5.69 Å². The van der Waals surface area contributed by atoms with E-state index < -0.39 is 0 Å². The maximum atomic E-state index is 13.1. The van der Waals surface area contributed by atoms with E-state index in [0.717, 1.165) is 29.8 Å². The molecule has 15 heavy (non-hydrogen) atoms. The minimum absolute atomic E-state index is 0.282. The third-order valence-corrected chi connectivity index (χ3v) is 2.48. The van der Waals surface area contributed by atoms with Gasteiger partial charge >= 0.3 is 0 Å². The van der Waals surface area contributed by atoms with Crippen molar-refractivity contribution in [1.29, 1.82) is 10.9 Å². The highest BCUT2D eigenvalue weighted by Crippen LogP contribution is 2.44. The normalized spacial score (nSPS) is 14.7. The van der Waals surface area contributed by atoms with Crippen molar-refractivity contribution < 1.29 is 4.39 Å². The highest BCUT2D eigenvalue weighted by Gasteiger charge is 2.28. The number of nitrogens with zero attached hydrogens (tertiary/aromatic N) is 2. The van der Waals surface area contributed by atoms with Crippen molar-refractivity contribution in [1.82, 2.24) is 0 Å². The summed E-state index contributed by atoms with van der Waals surface area (Å²) in [5, 5.41) is 11.4. The Morgan fingerprint density at radius 2 is 2.20 bits per heavy atom. The van der Waals surface area contributed by atoms with Gasteiger partial charge in [0.2, 0.25) is 0 Å². The predicted octanol–water partition coefficient (Wildman–Crippen LogP) is 3.06. The molecule has 0 radical (unpaired) electrons. The summed E-state index contributed by atoms with van der Waals surface area (Å²) in [6.07, 6.45) is 3.03.